The molecule has 0 spiro atoms. The van der Waals surface area contributed by atoms with E-state index in [1.54, 1.807) is 24.3 Å². The second kappa shape index (κ2) is 6.36. The molecule has 1 aromatic carbocycles. The Morgan fingerprint density at radius 1 is 1.30 bits per heavy atom. The zero-order valence-electron chi connectivity index (χ0n) is 10.5. The number of hydrogen-bond donors (Lipinski definition) is 3. The van der Waals surface area contributed by atoms with E-state index >= 15 is 0 Å². The van der Waals surface area contributed by atoms with Crippen molar-refractivity contribution in [2.75, 3.05) is 11.9 Å². The molecule has 0 aliphatic carbocycles. The van der Waals surface area contributed by atoms with Gasteiger partial charge in [0.2, 0.25) is 0 Å². The first-order valence-electron chi connectivity index (χ1n) is 5.85. The molecule has 100 valence electrons. The predicted octanol–water partition coefficient (Wildman–Crippen LogP) is 1.38. The third-order valence-electron chi connectivity index (χ3n) is 2.52. The Morgan fingerprint density at radius 3 is 2.85 bits per heavy atom. The van der Waals surface area contributed by atoms with Gasteiger partial charge >= 0.3 is 0 Å². The number of carbonyl (C=O) groups excluding carboxylic acids is 1. The summed E-state index contributed by atoms with van der Waals surface area (Å²) in [5.41, 5.74) is 1.23. The van der Waals surface area contributed by atoms with Gasteiger partial charge in [0.1, 0.15) is 12.4 Å². The van der Waals surface area contributed by atoms with Gasteiger partial charge in [0.05, 0.1) is 17.4 Å². The van der Waals surface area contributed by atoms with E-state index < -0.39 is 5.91 Å². The molecule has 0 fully saturated rings. The van der Waals surface area contributed by atoms with Crippen LogP contribution in [0.1, 0.15) is 15.9 Å². The molecule has 1 heterocycles. The molecule has 20 heavy (non-hydrogen) atoms. The highest BCUT2D eigenvalue weighted by Crippen LogP contribution is 2.18. The van der Waals surface area contributed by atoms with Gasteiger partial charge in [-0.15, -0.1) is 0 Å². The number of aromatic hydroxyl groups is 1. The van der Waals surface area contributed by atoms with Crippen molar-refractivity contribution in [1.29, 1.82) is 0 Å². The van der Waals surface area contributed by atoms with E-state index in [2.05, 4.69) is 22.1 Å². The van der Waals surface area contributed by atoms with E-state index in [0.29, 0.717) is 11.3 Å². The number of pyridine rings is 1. The van der Waals surface area contributed by atoms with Crippen LogP contribution in [0.2, 0.25) is 0 Å². The molecule has 0 bridgehead atoms. The lowest BCUT2D eigenvalue weighted by atomic mass is 10.1. The number of rotatable bonds is 2. The molecular formula is C15H12N2O3. The van der Waals surface area contributed by atoms with E-state index in [9.17, 15) is 9.90 Å². The van der Waals surface area contributed by atoms with Gasteiger partial charge < -0.3 is 15.5 Å². The summed E-state index contributed by atoms with van der Waals surface area (Å²) in [6.07, 6.45) is 2.62. The topological polar surface area (TPSA) is 82.5 Å². The molecule has 0 saturated carbocycles. The SMILES string of the molecule is O=C(Nc1ccccc1C#CCO)c1ccncc1O. The van der Waals surface area contributed by atoms with Crippen LogP contribution in [0, 0.1) is 11.8 Å². The Kier molecular flexibility index (Phi) is 4.32. The lowest BCUT2D eigenvalue weighted by molar-refractivity contribution is 0.102. The zero-order chi connectivity index (χ0) is 14.4. The van der Waals surface area contributed by atoms with Crippen molar-refractivity contribution in [3.63, 3.8) is 0 Å². The molecule has 5 nitrogen and oxygen atoms in total. The molecule has 2 rings (SSSR count). The molecule has 0 unspecified atom stereocenters. The van der Waals surface area contributed by atoms with Crippen LogP contribution in [0.3, 0.4) is 0 Å². The fourth-order valence-electron chi connectivity index (χ4n) is 1.60. The molecule has 0 atom stereocenters. The second-order valence-electron chi connectivity index (χ2n) is 3.85. The molecule has 0 aliphatic rings. The molecule has 0 aliphatic heterocycles. The summed E-state index contributed by atoms with van der Waals surface area (Å²) in [6.45, 7) is -0.257. The predicted molar refractivity (Wildman–Crippen MR) is 74.3 cm³/mol. The minimum absolute atomic E-state index is 0.130. The maximum atomic E-state index is 12.1. The maximum absolute atomic E-state index is 12.1. The van der Waals surface area contributed by atoms with Gasteiger partial charge in [0.15, 0.2) is 0 Å². The number of para-hydroxylation sites is 1. The van der Waals surface area contributed by atoms with E-state index in [0.717, 1.165) is 0 Å². The maximum Gasteiger partial charge on any atom is 0.259 e. The summed E-state index contributed by atoms with van der Waals surface area (Å²) in [7, 11) is 0. The Balaban J connectivity index is 2.27. The first kappa shape index (κ1) is 13.6. The van der Waals surface area contributed by atoms with Crippen molar-refractivity contribution in [3.05, 3.63) is 53.9 Å². The quantitative estimate of drug-likeness (QED) is 0.719. The molecular weight excluding hydrogens is 256 g/mol. The number of nitrogens with zero attached hydrogens (tertiary/aromatic N) is 1. The van der Waals surface area contributed by atoms with E-state index in [1.165, 1.54) is 18.5 Å². The van der Waals surface area contributed by atoms with Crippen molar-refractivity contribution in [2.45, 2.75) is 0 Å². The monoisotopic (exact) mass is 268 g/mol. The first-order valence-corrected chi connectivity index (χ1v) is 5.85. The standard InChI is InChI=1S/C15H12N2O3/c18-9-3-5-11-4-1-2-6-13(11)17-15(20)12-7-8-16-10-14(12)19/h1-2,4,6-8,10,18-19H,9H2,(H,17,20). The third kappa shape index (κ3) is 3.13. The Hall–Kier alpha value is -2.84. The molecule has 5 heteroatoms. The first-order chi connectivity index (χ1) is 9.72. The smallest absolute Gasteiger partial charge is 0.259 e. The minimum atomic E-state index is -0.455. The van der Waals surface area contributed by atoms with Crippen molar-refractivity contribution in [3.8, 4) is 17.6 Å². The van der Waals surface area contributed by atoms with Crippen LogP contribution in [0.15, 0.2) is 42.7 Å². The number of amides is 1. The van der Waals surface area contributed by atoms with Crippen LogP contribution < -0.4 is 5.32 Å². The number of aromatic nitrogens is 1. The summed E-state index contributed by atoms with van der Waals surface area (Å²) in [4.78, 5) is 15.8. The largest absolute Gasteiger partial charge is 0.505 e. The molecule has 0 saturated heterocycles. The average molecular weight is 268 g/mol. The van der Waals surface area contributed by atoms with E-state index in [1.807, 2.05) is 0 Å². The Labute approximate surface area is 115 Å². The highest BCUT2D eigenvalue weighted by atomic mass is 16.3. The van der Waals surface area contributed by atoms with Gasteiger partial charge in [-0.2, -0.15) is 0 Å². The highest BCUT2D eigenvalue weighted by molar-refractivity contribution is 6.06. The van der Waals surface area contributed by atoms with E-state index in [-0.39, 0.29) is 17.9 Å². The van der Waals surface area contributed by atoms with Crippen LogP contribution in [0.25, 0.3) is 0 Å². The van der Waals surface area contributed by atoms with Gasteiger partial charge in [-0.3, -0.25) is 9.78 Å². The summed E-state index contributed by atoms with van der Waals surface area (Å²) >= 11 is 0. The van der Waals surface area contributed by atoms with Gasteiger partial charge in [-0.25, -0.2) is 0 Å². The third-order valence-corrected chi connectivity index (χ3v) is 2.52. The summed E-state index contributed by atoms with van der Waals surface area (Å²) in [5.74, 6) is 4.62. The fourth-order valence-corrected chi connectivity index (χ4v) is 1.60. The molecule has 0 radical (unpaired) electrons. The summed E-state index contributed by atoms with van der Waals surface area (Å²) < 4.78 is 0. The number of anilines is 1. The highest BCUT2D eigenvalue weighted by Gasteiger charge is 2.12. The van der Waals surface area contributed by atoms with Crippen LogP contribution in [-0.2, 0) is 0 Å². The summed E-state index contributed by atoms with van der Waals surface area (Å²) in [5, 5.41) is 21.0. The van der Waals surface area contributed by atoms with Gasteiger partial charge in [-0.05, 0) is 18.2 Å². The zero-order valence-corrected chi connectivity index (χ0v) is 10.5. The fraction of sp³-hybridized carbons (Fsp3) is 0.0667. The molecule has 1 amide bonds. The van der Waals surface area contributed by atoms with Gasteiger partial charge in [0.25, 0.3) is 5.91 Å². The summed E-state index contributed by atoms with van der Waals surface area (Å²) in [6, 6.07) is 8.38. The second-order valence-corrected chi connectivity index (χ2v) is 3.85. The number of nitrogens with one attached hydrogen (secondary N) is 1. The van der Waals surface area contributed by atoms with Gasteiger partial charge in [-0.1, -0.05) is 24.0 Å². The number of aliphatic hydroxyl groups excluding tert-OH is 1. The number of benzene rings is 1. The minimum Gasteiger partial charge on any atom is -0.505 e. The van der Waals surface area contributed by atoms with Crippen molar-refractivity contribution in [1.82, 2.24) is 4.98 Å². The van der Waals surface area contributed by atoms with Crippen molar-refractivity contribution >= 4 is 11.6 Å². The van der Waals surface area contributed by atoms with E-state index in [4.69, 9.17) is 5.11 Å². The van der Waals surface area contributed by atoms with Crippen LogP contribution in [0.5, 0.6) is 5.75 Å². The molecule has 3 N–H and O–H groups in total. The molecule has 1 aromatic heterocycles. The number of hydrogen-bond acceptors (Lipinski definition) is 4. The van der Waals surface area contributed by atoms with Crippen molar-refractivity contribution < 1.29 is 15.0 Å². The Morgan fingerprint density at radius 2 is 2.10 bits per heavy atom. The Bertz CT molecular complexity index is 687. The number of aliphatic hydroxyl groups is 1. The number of carbonyl (C=O) groups is 1. The normalized spacial score (nSPS) is 9.45. The lowest BCUT2D eigenvalue weighted by Crippen LogP contribution is -2.13. The van der Waals surface area contributed by atoms with Crippen molar-refractivity contribution in [2.24, 2.45) is 0 Å². The van der Waals surface area contributed by atoms with Crippen LogP contribution >= 0.6 is 0 Å². The van der Waals surface area contributed by atoms with Gasteiger partial charge in [0, 0.05) is 11.8 Å². The van der Waals surface area contributed by atoms with Crippen LogP contribution in [0.4, 0.5) is 5.69 Å². The lowest BCUT2D eigenvalue weighted by Gasteiger charge is -2.08. The average Bonchev–Trinajstić information content (AvgIpc) is 2.46. The molecule has 2 aromatic rings. The van der Waals surface area contributed by atoms with Crippen LogP contribution in [-0.4, -0.2) is 27.7 Å².